The summed E-state index contributed by atoms with van der Waals surface area (Å²) in [5.41, 5.74) is 2.45. The highest BCUT2D eigenvalue weighted by atomic mass is 35.5. The van der Waals surface area contributed by atoms with Crippen molar-refractivity contribution >= 4 is 17.5 Å². The second-order valence-corrected chi connectivity index (χ2v) is 7.27. The topological polar surface area (TPSA) is 41.1 Å². The van der Waals surface area contributed by atoms with Crippen molar-refractivity contribution in [1.29, 1.82) is 0 Å². The predicted octanol–water partition coefficient (Wildman–Crippen LogP) is 3.97. The third-order valence-corrected chi connectivity index (χ3v) is 5.18. The van der Waals surface area contributed by atoms with E-state index in [4.69, 9.17) is 11.6 Å². The van der Waals surface area contributed by atoms with Crippen LogP contribution in [0.2, 0.25) is 5.02 Å². The number of aromatic nitrogens is 2. The Bertz CT molecular complexity index is 661. The lowest BCUT2D eigenvalue weighted by Crippen LogP contribution is -2.23. The van der Waals surface area contributed by atoms with Gasteiger partial charge in [0.05, 0.1) is 0 Å². The van der Waals surface area contributed by atoms with Gasteiger partial charge in [0.1, 0.15) is 0 Å². The molecule has 0 bridgehead atoms. The molecule has 0 amide bonds. The van der Waals surface area contributed by atoms with Gasteiger partial charge in [-0.15, -0.1) is 0 Å². The summed E-state index contributed by atoms with van der Waals surface area (Å²) in [7, 11) is 0. The minimum atomic E-state index is 0.389. The maximum atomic E-state index is 6.01. The van der Waals surface area contributed by atoms with E-state index in [2.05, 4.69) is 32.3 Å². The molecule has 1 aliphatic carbocycles. The van der Waals surface area contributed by atoms with E-state index in [0.717, 1.165) is 42.1 Å². The first kappa shape index (κ1) is 15.9. The van der Waals surface area contributed by atoms with Crippen molar-refractivity contribution in [3.05, 3.63) is 52.8 Å². The number of halogens is 1. The van der Waals surface area contributed by atoms with Crippen LogP contribution < -0.4 is 10.2 Å². The van der Waals surface area contributed by atoms with Crippen LogP contribution in [0, 0.1) is 5.92 Å². The zero-order valence-electron chi connectivity index (χ0n) is 13.8. The fourth-order valence-corrected chi connectivity index (χ4v) is 3.53. The zero-order chi connectivity index (χ0) is 16.4. The van der Waals surface area contributed by atoms with Crippen LogP contribution in [0.3, 0.4) is 0 Å². The summed E-state index contributed by atoms with van der Waals surface area (Å²) in [5, 5.41) is 4.48. The number of nitrogens with zero attached hydrogens (tertiary/aromatic N) is 3. The summed E-state index contributed by atoms with van der Waals surface area (Å²) in [5.74, 6) is 1.60. The Hall–Kier alpha value is -1.65. The number of rotatable bonds is 6. The first-order valence-corrected chi connectivity index (χ1v) is 9.22. The van der Waals surface area contributed by atoms with Crippen LogP contribution >= 0.6 is 11.6 Å². The van der Waals surface area contributed by atoms with Gasteiger partial charge in [0.15, 0.2) is 0 Å². The van der Waals surface area contributed by atoms with Crippen LogP contribution in [0.25, 0.3) is 0 Å². The molecule has 126 valence electrons. The average molecular weight is 343 g/mol. The summed E-state index contributed by atoms with van der Waals surface area (Å²) in [6.45, 7) is 2.96. The van der Waals surface area contributed by atoms with E-state index in [1.165, 1.54) is 31.2 Å². The molecule has 4 nitrogen and oxygen atoms in total. The molecule has 1 N–H and O–H groups in total. The summed E-state index contributed by atoms with van der Waals surface area (Å²) in [4.78, 5) is 11.3. The van der Waals surface area contributed by atoms with E-state index in [-0.39, 0.29) is 0 Å². The minimum absolute atomic E-state index is 0.389. The molecular formula is C19H23ClN4. The Morgan fingerprint density at radius 2 is 1.75 bits per heavy atom. The van der Waals surface area contributed by atoms with E-state index in [0.29, 0.717) is 6.04 Å². The second-order valence-electron chi connectivity index (χ2n) is 6.83. The summed E-state index contributed by atoms with van der Waals surface area (Å²) in [6, 6.07) is 8.60. The minimum Gasteiger partial charge on any atom is -0.341 e. The van der Waals surface area contributed by atoms with Gasteiger partial charge in [-0.05, 0) is 49.3 Å². The summed E-state index contributed by atoms with van der Waals surface area (Å²) < 4.78 is 0. The largest absolute Gasteiger partial charge is 0.341 e. The Morgan fingerprint density at radius 3 is 2.38 bits per heavy atom. The third-order valence-electron chi connectivity index (χ3n) is 4.93. The van der Waals surface area contributed by atoms with Crippen molar-refractivity contribution in [3.63, 3.8) is 0 Å². The average Bonchev–Trinajstić information content (AvgIpc) is 3.30. The molecule has 0 unspecified atom stereocenters. The molecule has 1 saturated carbocycles. The number of nitrogens with one attached hydrogen (secondary N) is 1. The molecule has 5 heteroatoms. The fourth-order valence-electron chi connectivity index (χ4n) is 3.40. The maximum Gasteiger partial charge on any atom is 0.225 e. The molecule has 0 radical (unpaired) electrons. The van der Waals surface area contributed by atoms with Crippen LogP contribution in [-0.2, 0) is 6.54 Å². The molecule has 1 atom stereocenters. The van der Waals surface area contributed by atoms with E-state index in [9.17, 15) is 0 Å². The van der Waals surface area contributed by atoms with Gasteiger partial charge in [-0.25, -0.2) is 9.97 Å². The van der Waals surface area contributed by atoms with Crippen molar-refractivity contribution in [3.8, 4) is 0 Å². The highest BCUT2D eigenvalue weighted by Gasteiger charge is 2.31. The van der Waals surface area contributed by atoms with Gasteiger partial charge in [0.25, 0.3) is 0 Å². The standard InChI is InChI=1S/C19H23ClN4/c20-17-7-5-16(6-8-17)18(15-3-4-15)21-11-14-12-22-19(23-13-14)24-9-1-2-10-24/h5-8,12-13,15,18,21H,1-4,9-11H2/t18-/m0/s1. The first-order valence-electron chi connectivity index (χ1n) is 8.84. The number of hydrogen-bond acceptors (Lipinski definition) is 4. The quantitative estimate of drug-likeness (QED) is 0.862. The van der Waals surface area contributed by atoms with Gasteiger partial charge in [-0.2, -0.15) is 0 Å². The van der Waals surface area contributed by atoms with Crippen molar-refractivity contribution in [2.75, 3.05) is 18.0 Å². The first-order chi connectivity index (χ1) is 11.8. The molecule has 1 aliphatic heterocycles. The van der Waals surface area contributed by atoms with Crippen molar-refractivity contribution in [2.24, 2.45) is 5.92 Å². The normalized spacial score (nSPS) is 18.8. The van der Waals surface area contributed by atoms with Crippen molar-refractivity contribution < 1.29 is 0 Å². The van der Waals surface area contributed by atoms with Crippen LogP contribution in [0.15, 0.2) is 36.7 Å². The lowest BCUT2D eigenvalue weighted by molar-refractivity contribution is 0.479. The molecule has 2 aromatic rings. The number of hydrogen-bond donors (Lipinski definition) is 1. The summed E-state index contributed by atoms with van der Waals surface area (Å²) >= 11 is 6.01. The molecular weight excluding hydrogens is 320 g/mol. The molecule has 2 heterocycles. The molecule has 1 aromatic carbocycles. The van der Waals surface area contributed by atoms with Gasteiger partial charge >= 0.3 is 0 Å². The van der Waals surface area contributed by atoms with E-state index < -0.39 is 0 Å². The lowest BCUT2D eigenvalue weighted by Gasteiger charge is -2.19. The zero-order valence-corrected chi connectivity index (χ0v) is 14.5. The molecule has 1 saturated heterocycles. The van der Waals surface area contributed by atoms with E-state index in [1.807, 2.05) is 24.5 Å². The van der Waals surface area contributed by atoms with Crippen LogP contribution in [0.4, 0.5) is 5.95 Å². The van der Waals surface area contributed by atoms with E-state index >= 15 is 0 Å². The Morgan fingerprint density at radius 1 is 1.08 bits per heavy atom. The van der Waals surface area contributed by atoms with E-state index in [1.54, 1.807) is 0 Å². The van der Waals surface area contributed by atoms with Crippen molar-refractivity contribution in [2.45, 2.75) is 38.3 Å². The third kappa shape index (κ3) is 3.70. The highest BCUT2D eigenvalue weighted by molar-refractivity contribution is 6.30. The van der Waals surface area contributed by atoms with Crippen molar-refractivity contribution in [1.82, 2.24) is 15.3 Å². The van der Waals surface area contributed by atoms with Gasteiger partial charge in [-0.1, -0.05) is 23.7 Å². The van der Waals surface area contributed by atoms with Crippen LogP contribution in [-0.4, -0.2) is 23.1 Å². The van der Waals surface area contributed by atoms with Gasteiger partial charge in [0.2, 0.25) is 5.95 Å². The lowest BCUT2D eigenvalue weighted by atomic mass is 10.0. The van der Waals surface area contributed by atoms with Crippen LogP contribution in [0.1, 0.15) is 42.9 Å². The monoisotopic (exact) mass is 342 g/mol. The van der Waals surface area contributed by atoms with Gasteiger partial charge < -0.3 is 10.2 Å². The van der Waals surface area contributed by atoms with Crippen LogP contribution in [0.5, 0.6) is 0 Å². The van der Waals surface area contributed by atoms with Gasteiger partial charge in [-0.3, -0.25) is 0 Å². The summed E-state index contributed by atoms with van der Waals surface area (Å²) in [6.07, 6.45) is 9.00. The SMILES string of the molecule is Clc1ccc([C@@H](NCc2cnc(N3CCCC3)nc2)C2CC2)cc1. The maximum absolute atomic E-state index is 6.01. The molecule has 24 heavy (non-hydrogen) atoms. The molecule has 0 spiro atoms. The molecule has 1 aromatic heterocycles. The Kier molecular flexibility index (Phi) is 4.67. The fraction of sp³-hybridized carbons (Fsp3) is 0.474. The Labute approximate surface area is 148 Å². The molecule has 2 fully saturated rings. The highest BCUT2D eigenvalue weighted by Crippen LogP contribution is 2.41. The second kappa shape index (κ2) is 7.08. The number of benzene rings is 1. The van der Waals surface area contributed by atoms with Gasteiger partial charge in [0, 0.05) is 48.7 Å². The Balaban J connectivity index is 1.39. The smallest absolute Gasteiger partial charge is 0.225 e. The molecule has 4 rings (SSSR count). The molecule has 2 aliphatic rings. The number of anilines is 1. The predicted molar refractivity (Wildman–Crippen MR) is 97.2 cm³/mol.